The van der Waals surface area contributed by atoms with Gasteiger partial charge in [0.05, 0.1) is 9.79 Å². The third kappa shape index (κ3) is 5.93. The number of primary amides is 1. The van der Waals surface area contributed by atoms with E-state index in [-0.39, 0.29) is 42.1 Å². The molecule has 1 amide bonds. The van der Waals surface area contributed by atoms with Crippen molar-refractivity contribution in [1.82, 2.24) is 9.03 Å². The number of piperidine rings is 1. The van der Waals surface area contributed by atoms with Crippen LogP contribution in [0.5, 0.6) is 11.5 Å². The van der Waals surface area contributed by atoms with E-state index in [0.29, 0.717) is 11.5 Å². The second kappa shape index (κ2) is 10.4. The van der Waals surface area contributed by atoms with E-state index < -0.39 is 31.5 Å². The van der Waals surface area contributed by atoms with Crippen molar-refractivity contribution in [2.24, 2.45) is 5.73 Å². The van der Waals surface area contributed by atoms with Crippen molar-refractivity contribution in [2.45, 2.75) is 34.6 Å². The highest BCUT2D eigenvalue weighted by molar-refractivity contribution is 7.89. The Morgan fingerprint density at radius 3 is 1.89 bits per heavy atom. The summed E-state index contributed by atoms with van der Waals surface area (Å²) < 4.78 is 62.0. The number of benzene rings is 3. The van der Waals surface area contributed by atoms with Crippen LogP contribution >= 0.6 is 0 Å². The van der Waals surface area contributed by atoms with Gasteiger partial charge in [-0.3, -0.25) is 4.79 Å². The maximum Gasteiger partial charge on any atom is 0.243 e. The maximum absolute atomic E-state index is 13.2. The largest absolute Gasteiger partial charge is 0.457 e. The number of nitrogens with one attached hydrogen (secondary N) is 1. The molecule has 1 fully saturated rings. The minimum absolute atomic E-state index is 0.00825. The van der Waals surface area contributed by atoms with E-state index in [1.54, 1.807) is 30.3 Å². The van der Waals surface area contributed by atoms with Crippen molar-refractivity contribution in [3.63, 3.8) is 0 Å². The number of ether oxygens (including phenoxy) is 1. The Bertz CT molecular complexity index is 1400. The van der Waals surface area contributed by atoms with E-state index in [9.17, 15) is 21.6 Å². The number of para-hydroxylation sites is 1. The number of rotatable bonds is 9. The predicted octanol–water partition coefficient (Wildman–Crippen LogP) is 2.86. The van der Waals surface area contributed by atoms with Crippen molar-refractivity contribution in [3.05, 3.63) is 84.9 Å². The molecule has 36 heavy (non-hydrogen) atoms. The first-order valence-electron chi connectivity index (χ1n) is 11.3. The third-order valence-corrected chi connectivity index (χ3v) is 9.54. The molecule has 4 rings (SSSR count). The molecule has 0 spiro atoms. The lowest BCUT2D eigenvalue weighted by Crippen LogP contribution is -2.57. The van der Waals surface area contributed by atoms with Gasteiger partial charge in [0.1, 0.15) is 11.5 Å². The molecule has 0 saturated carbocycles. The Kier molecular flexibility index (Phi) is 7.46. The van der Waals surface area contributed by atoms with Crippen LogP contribution in [-0.4, -0.2) is 45.7 Å². The summed E-state index contributed by atoms with van der Waals surface area (Å²) in [5, 5.41) is 0. The lowest BCUT2D eigenvalue weighted by atomic mass is 9.86. The highest BCUT2D eigenvalue weighted by atomic mass is 32.2. The molecule has 3 N–H and O–H groups in total. The second-order valence-corrected chi connectivity index (χ2v) is 12.3. The molecule has 190 valence electrons. The van der Waals surface area contributed by atoms with Gasteiger partial charge in [0, 0.05) is 25.0 Å². The average Bonchev–Trinajstić information content (AvgIpc) is 2.85. The molecule has 9 nitrogen and oxygen atoms in total. The van der Waals surface area contributed by atoms with Crippen LogP contribution in [0.2, 0.25) is 0 Å². The summed E-state index contributed by atoms with van der Waals surface area (Å²) in [4.78, 5) is 12.0. The Labute approximate surface area is 211 Å². The molecule has 1 aliphatic rings. The Balaban J connectivity index is 1.50. The number of hydrogen-bond donors (Lipinski definition) is 2. The number of sulfonamides is 2. The summed E-state index contributed by atoms with van der Waals surface area (Å²) in [7, 11) is -7.78. The number of nitrogens with zero attached hydrogens (tertiary/aromatic N) is 1. The molecule has 0 aromatic heterocycles. The Morgan fingerprint density at radius 1 is 0.806 bits per heavy atom. The number of carbonyl (C=O) groups excluding carboxylic acids is 1. The molecule has 0 radical (unpaired) electrons. The first kappa shape index (κ1) is 25.8. The van der Waals surface area contributed by atoms with E-state index in [1.165, 1.54) is 40.7 Å². The summed E-state index contributed by atoms with van der Waals surface area (Å²) in [5.41, 5.74) is 4.25. The fourth-order valence-electron chi connectivity index (χ4n) is 4.20. The third-order valence-electron chi connectivity index (χ3n) is 6.04. The molecular weight excluding hydrogens is 502 g/mol. The van der Waals surface area contributed by atoms with E-state index in [2.05, 4.69) is 4.72 Å². The van der Waals surface area contributed by atoms with Crippen molar-refractivity contribution in [3.8, 4) is 11.5 Å². The van der Waals surface area contributed by atoms with Gasteiger partial charge in [0.15, 0.2) is 0 Å². The van der Waals surface area contributed by atoms with Crippen LogP contribution in [0, 0.1) is 0 Å². The van der Waals surface area contributed by atoms with E-state index >= 15 is 0 Å². The first-order chi connectivity index (χ1) is 17.1. The SMILES string of the molecule is NC(=O)CC1(NS(=O)(=O)c2ccc(Oc3ccccc3)cc2)CCN(S(=O)(=O)c2ccccc2)CC1. The maximum atomic E-state index is 13.2. The number of carbonyl (C=O) groups is 1. The molecule has 3 aromatic carbocycles. The Hall–Kier alpha value is -3.25. The van der Waals surface area contributed by atoms with Gasteiger partial charge in [-0.05, 0) is 61.4 Å². The molecule has 11 heteroatoms. The summed E-state index contributed by atoms with van der Waals surface area (Å²) in [5.74, 6) is 0.402. The molecule has 3 aromatic rings. The summed E-state index contributed by atoms with van der Waals surface area (Å²) >= 11 is 0. The molecule has 1 aliphatic heterocycles. The van der Waals surface area contributed by atoms with Crippen LogP contribution in [0.4, 0.5) is 0 Å². The lowest BCUT2D eigenvalue weighted by molar-refractivity contribution is -0.119. The van der Waals surface area contributed by atoms with E-state index in [1.807, 2.05) is 18.2 Å². The van der Waals surface area contributed by atoms with Gasteiger partial charge in [-0.2, -0.15) is 4.31 Å². The summed E-state index contributed by atoms with van der Waals surface area (Å²) in [6.45, 7) is 0.0771. The summed E-state index contributed by atoms with van der Waals surface area (Å²) in [6.07, 6.45) is -0.0620. The molecule has 0 unspecified atom stereocenters. The zero-order valence-electron chi connectivity index (χ0n) is 19.4. The molecule has 1 heterocycles. The van der Waals surface area contributed by atoms with Crippen LogP contribution in [0.15, 0.2) is 94.7 Å². The number of hydrogen-bond acceptors (Lipinski definition) is 6. The van der Waals surface area contributed by atoms with Gasteiger partial charge in [-0.25, -0.2) is 21.6 Å². The topological polar surface area (TPSA) is 136 Å². The zero-order valence-corrected chi connectivity index (χ0v) is 21.0. The summed E-state index contributed by atoms with van der Waals surface area (Å²) in [6, 6.07) is 23.0. The van der Waals surface area contributed by atoms with E-state index in [0.717, 1.165) is 0 Å². The fourth-order valence-corrected chi connectivity index (χ4v) is 7.12. The smallest absolute Gasteiger partial charge is 0.243 e. The van der Waals surface area contributed by atoms with Crippen molar-refractivity contribution < 1.29 is 26.4 Å². The highest BCUT2D eigenvalue weighted by Crippen LogP contribution is 2.31. The first-order valence-corrected chi connectivity index (χ1v) is 14.2. The van der Waals surface area contributed by atoms with Gasteiger partial charge in [0.2, 0.25) is 26.0 Å². The quantitative estimate of drug-likeness (QED) is 0.438. The lowest BCUT2D eigenvalue weighted by Gasteiger charge is -2.40. The van der Waals surface area contributed by atoms with Gasteiger partial charge in [-0.1, -0.05) is 36.4 Å². The minimum atomic E-state index is -4.04. The molecular formula is C25H27N3O6S2. The standard InChI is InChI=1S/C25H27N3O6S2/c26-24(29)19-25(15-17-28(18-16-25)36(32,33)23-9-5-2-6-10-23)27-35(30,31)22-13-11-21(12-14-22)34-20-7-3-1-4-8-20/h1-14,27H,15-19H2,(H2,26,29). The number of amides is 1. The van der Waals surface area contributed by atoms with Gasteiger partial charge < -0.3 is 10.5 Å². The Morgan fingerprint density at radius 2 is 1.33 bits per heavy atom. The minimum Gasteiger partial charge on any atom is -0.457 e. The van der Waals surface area contributed by atoms with Gasteiger partial charge in [0.25, 0.3) is 0 Å². The van der Waals surface area contributed by atoms with Crippen LogP contribution < -0.4 is 15.2 Å². The molecule has 0 bridgehead atoms. The number of nitrogens with two attached hydrogens (primary N) is 1. The second-order valence-electron chi connectivity index (χ2n) is 8.63. The monoisotopic (exact) mass is 529 g/mol. The van der Waals surface area contributed by atoms with Crippen molar-refractivity contribution in [2.75, 3.05) is 13.1 Å². The van der Waals surface area contributed by atoms with Crippen LogP contribution in [0.25, 0.3) is 0 Å². The zero-order chi connectivity index (χ0) is 25.8. The normalized spacial score (nSPS) is 16.3. The average molecular weight is 530 g/mol. The predicted molar refractivity (Wildman–Crippen MR) is 134 cm³/mol. The molecule has 0 aliphatic carbocycles. The fraction of sp³-hybridized carbons (Fsp3) is 0.240. The van der Waals surface area contributed by atoms with Crippen molar-refractivity contribution >= 4 is 26.0 Å². The molecule has 1 saturated heterocycles. The van der Waals surface area contributed by atoms with E-state index in [4.69, 9.17) is 10.5 Å². The van der Waals surface area contributed by atoms with Crippen LogP contribution in [-0.2, 0) is 24.8 Å². The van der Waals surface area contributed by atoms with Crippen molar-refractivity contribution in [1.29, 1.82) is 0 Å². The highest BCUT2D eigenvalue weighted by Gasteiger charge is 2.42. The van der Waals surface area contributed by atoms with Crippen LogP contribution in [0.3, 0.4) is 0 Å². The molecule has 0 atom stereocenters. The van der Waals surface area contributed by atoms with Gasteiger partial charge in [-0.15, -0.1) is 0 Å². The van der Waals surface area contributed by atoms with Gasteiger partial charge >= 0.3 is 0 Å². The van der Waals surface area contributed by atoms with Crippen LogP contribution in [0.1, 0.15) is 19.3 Å².